The van der Waals surface area contributed by atoms with Crippen LogP contribution in [0.15, 0.2) is 67.3 Å². The van der Waals surface area contributed by atoms with E-state index in [1.54, 1.807) is 48.4 Å². The predicted octanol–water partition coefficient (Wildman–Crippen LogP) is 3.90. The summed E-state index contributed by atoms with van der Waals surface area (Å²) in [5.41, 5.74) is 1.69. The van der Waals surface area contributed by atoms with Gasteiger partial charge in [0.25, 0.3) is 5.69 Å². The fraction of sp³-hybridized carbons (Fsp3) is 0.370. The molecule has 39 heavy (non-hydrogen) atoms. The van der Waals surface area contributed by atoms with Crippen LogP contribution < -0.4 is 4.74 Å². The molecule has 11 nitrogen and oxygen atoms in total. The van der Waals surface area contributed by atoms with E-state index in [0.29, 0.717) is 31.0 Å². The van der Waals surface area contributed by atoms with E-state index < -0.39 is 17.1 Å². The number of nitro groups is 1. The van der Waals surface area contributed by atoms with E-state index in [1.807, 2.05) is 35.0 Å². The zero-order valence-corrected chi connectivity index (χ0v) is 22.2. The Morgan fingerprint density at radius 1 is 1.10 bits per heavy atom. The Balaban J connectivity index is 1.36. The van der Waals surface area contributed by atoms with Gasteiger partial charge >= 0.3 is 6.09 Å². The molecule has 2 aromatic carbocycles. The molecule has 0 radical (unpaired) electrons. The topological polar surface area (TPSA) is 120 Å². The van der Waals surface area contributed by atoms with Gasteiger partial charge in [0, 0.05) is 55.2 Å². The fourth-order valence-electron chi connectivity index (χ4n) is 4.81. The molecule has 2 aliphatic rings. The molecule has 5 rings (SSSR count). The Labute approximate surface area is 229 Å². The summed E-state index contributed by atoms with van der Waals surface area (Å²) in [6, 6.07) is 12.6. The van der Waals surface area contributed by atoms with Gasteiger partial charge in [-0.05, 0) is 41.8 Å². The number of imidazole rings is 1. The first-order valence-electron chi connectivity index (χ1n) is 12.6. The zero-order chi connectivity index (χ0) is 27.4. The van der Waals surface area contributed by atoms with Gasteiger partial charge in [-0.15, -0.1) is 11.8 Å². The minimum atomic E-state index is -0.739. The second-order valence-electron chi connectivity index (χ2n) is 9.45. The molecule has 0 spiro atoms. The summed E-state index contributed by atoms with van der Waals surface area (Å²) < 4.78 is 12.8. The number of ether oxygens (including phenoxy) is 2. The molecule has 2 amide bonds. The number of thioether (sulfide) groups is 1. The number of hydrogen-bond acceptors (Lipinski definition) is 8. The minimum absolute atomic E-state index is 0.0373. The van der Waals surface area contributed by atoms with E-state index >= 15 is 0 Å². The molecule has 3 aromatic rings. The number of aromatic nitrogens is 2. The van der Waals surface area contributed by atoms with Crippen LogP contribution in [0.3, 0.4) is 0 Å². The molecular formula is C27H29N5O6S. The number of carbonyl (C=O) groups excluding carboxylic acids is 2. The lowest BCUT2D eigenvalue weighted by Gasteiger charge is -2.37. The van der Waals surface area contributed by atoms with Gasteiger partial charge in [0.15, 0.2) is 0 Å². The zero-order valence-electron chi connectivity index (χ0n) is 21.4. The van der Waals surface area contributed by atoms with Gasteiger partial charge in [-0.3, -0.25) is 19.8 Å². The lowest BCUT2D eigenvalue weighted by Crippen LogP contribution is -2.54. The largest absolute Gasteiger partial charge is 0.497 e. The van der Waals surface area contributed by atoms with Crippen LogP contribution in [0.1, 0.15) is 23.6 Å². The molecule has 12 heteroatoms. The van der Waals surface area contributed by atoms with Gasteiger partial charge in [-0.2, -0.15) is 0 Å². The Morgan fingerprint density at radius 3 is 2.41 bits per heavy atom. The van der Waals surface area contributed by atoms with Crippen LogP contribution in [0.4, 0.5) is 10.5 Å². The highest BCUT2D eigenvalue weighted by molar-refractivity contribution is 7.99. The van der Waals surface area contributed by atoms with Crippen molar-refractivity contribution in [1.29, 1.82) is 0 Å². The third kappa shape index (κ3) is 5.85. The van der Waals surface area contributed by atoms with Crippen molar-refractivity contribution in [2.45, 2.75) is 36.1 Å². The molecule has 2 aliphatic heterocycles. The van der Waals surface area contributed by atoms with Crippen LogP contribution in [-0.4, -0.2) is 74.3 Å². The van der Waals surface area contributed by atoms with Crippen molar-refractivity contribution >= 4 is 29.4 Å². The number of nitrogens with zero attached hydrogens (tertiary/aromatic N) is 5. The van der Waals surface area contributed by atoms with Crippen molar-refractivity contribution in [3.8, 4) is 5.75 Å². The van der Waals surface area contributed by atoms with Crippen LogP contribution >= 0.6 is 11.8 Å². The van der Waals surface area contributed by atoms with E-state index in [0.717, 1.165) is 17.7 Å². The van der Waals surface area contributed by atoms with E-state index in [4.69, 9.17) is 9.47 Å². The molecule has 204 valence electrons. The Kier molecular flexibility index (Phi) is 8.01. The van der Waals surface area contributed by atoms with Crippen molar-refractivity contribution in [2.75, 3.05) is 26.7 Å². The Bertz CT molecular complexity index is 1300. The molecule has 2 saturated heterocycles. The van der Waals surface area contributed by atoms with Crippen LogP contribution in [0, 0.1) is 10.1 Å². The Hall–Kier alpha value is -4.06. The van der Waals surface area contributed by atoms with Gasteiger partial charge in [0.1, 0.15) is 18.4 Å². The summed E-state index contributed by atoms with van der Waals surface area (Å²) in [7, 11) is 1.63. The number of nitro benzene ring substituents is 1. The normalized spacial score (nSPS) is 20.4. The van der Waals surface area contributed by atoms with Crippen LogP contribution in [0.5, 0.6) is 5.75 Å². The lowest BCUT2D eigenvalue weighted by atomic mass is 10.0. The molecule has 3 atom stereocenters. The molecule has 1 aromatic heterocycles. The van der Waals surface area contributed by atoms with Gasteiger partial charge < -0.3 is 18.9 Å². The lowest BCUT2D eigenvalue weighted by molar-refractivity contribution is -0.384. The summed E-state index contributed by atoms with van der Waals surface area (Å²) in [5, 5.41) is 10.8. The number of hydrogen-bond donors (Lipinski definition) is 0. The molecule has 0 bridgehead atoms. The van der Waals surface area contributed by atoms with Crippen LogP contribution in [-0.2, 0) is 21.9 Å². The number of amides is 2. The summed E-state index contributed by atoms with van der Waals surface area (Å²) in [5.74, 6) is 1.37. The van der Waals surface area contributed by atoms with Crippen molar-refractivity contribution in [1.82, 2.24) is 19.4 Å². The summed E-state index contributed by atoms with van der Waals surface area (Å²) >= 11 is 1.68. The predicted molar refractivity (Wildman–Crippen MR) is 144 cm³/mol. The van der Waals surface area contributed by atoms with Crippen molar-refractivity contribution in [3.63, 3.8) is 0 Å². The Morgan fingerprint density at radius 2 is 1.82 bits per heavy atom. The number of methoxy groups -OCH3 is 1. The summed E-state index contributed by atoms with van der Waals surface area (Å²) in [6.07, 6.45) is 5.53. The first-order chi connectivity index (χ1) is 18.9. The van der Waals surface area contributed by atoms with E-state index in [-0.39, 0.29) is 29.5 Å². The number of carbonyl (C=O) groups is 2. The molecule has 0 saturated carbocycles. The summed E-state index contributed by atoms with van der Waals surface area (Å²) in [6.45, 7) is 1.60. The minimum Gasteiger partial charge on any atom is -0.497 e. The number of non-ortho nitro benzene ring substituents is 1. The summed E-state index contributed by atoms with van der Waals surface area (Å²) in [4.78, 5) is 45.1. The highest BCUT2D eigenvalue weighted by atomic mass is 32.2. The van der Waals surface area contributed by atoms with E-state index in [2.05, 4.69) is 4.98 Å². The average molecular weight is 552 g/mol. The molecule has 3 heterocycles. The average Bonchev–Trinajstić information content (AvgIpc) is 3.58. The van der Waals surface area contributed by atoms with Gasteiger partial charge in [0.05, 0.1) is 24.4 Å². The smallest absolute Gasteiger partial charge is 0.410 e. The maximum absolute atomic E-state index is 13.7. The SMILES string of the molecule is COc1ccc(CSC2CN(C(=O)OCc3ccc([N+](=O)[O-])cc3)C(C(=O)N3CCC3)C2n2ccnc2)cc1. The molecular weight excluding hydrogens is 522 g/mol. The van der Waals surface area contributed by atoms with Crippen molar-refractivity contribution < 1.29 is 24.0 Å². The molecule has 0 aliphatic carbocycles. The van der Waals surface area contributed by atoms with Gasteiger partial charge in [-0.1, -0.05) is 12.1 Å². The maximum Gasteiger partial charge on any atom is 0.410 e. The monoisotopic (exact) mass is 551 g/mol. The molecule has 2 fully saturated rings. The van der Waals surface area contributed by atoms with Gasteiger partial charge in [0.2, 0.25) is 5.91 Å². The van der Waals surface area contributed by atoms with Crippen LogP contribution in [0.2, 0.25) is 0 Å². The molecule has 0 N–H and O–H groups in total. The second-order valence-corrected chi connectivity index (χ2v) is 10.7. The number of benzene rings is 2. The standard InChI is InChI=1S/C27H29N5O6S/c1-37-22-9-5-20(6-10-22)17-39-23-15-31(27(34)38-16-19-3-7-21(8-4-19)32(35)36)25(26(33)29-12-2-13-29)24(23)30-14-11-28-18-30/h3-11,14,18,23-25H,2,12-13,15-17H2,1H3. The third-order valence-corrected chi connectivity index (χ3v) is 8.43. The number of rotatable bonds is 9. The van der Waals surface area contributed by atoms with Gasteiger partial charge in [-0.25, -0.2) is 9.78 Å². The van der Waals surface area contributed by atoms with Crippen LogP contribution in [0.25, 0.3) is 0 Å². The highest BCUT2D eigenvalue weighted by Crippen LogP contribution is 2.40. The first kappa shape index (κ1) is 26.5. The van der Waals surface area contributed by atoms with E-state index in [9.17, 15) is 19.7 Å². The van der Waals surface area contributed by atoms with E-state index in [1.165, 1.54) is 17.0 Å². The quantitative estimate of drug-likeness (QED) is 0.290. The second kappa shape index (κ2) is 11.8. The highest BCUT2D eigenvalue weighted by Gasteiger charge is 2.51. The first-order valence-corrected chi connectivity index (χ1v) is 13.7. The third-order valence-electron chi connectivity index (χ3n) is 7.07. The number of likely N-dealkylation sites (tertiary alicyclic amines) is 2. The van der Waals surface area contributed by atoms with Crippen molar-refractivity contribution in [3.05, 3.63) is 88.5 Å². The molecule has 3 unspecified atom stereocenters. The van der Waals surface area contributed by atoms with Crippen molar-refractivity contribution in [2.24, 2.45) is 0 Å². The fourth-order valence-corrected chi connectivity index (χ4v) is 6.16. The maximum atomic E-state index is 13.7.